The molecule has 20 heavy (non-hydrogen) atoms. The molecular formula is C17H19F2N. The van der Waals surface area contributed by atoms with Crippen LogP contribution in [0.15, 0.2) is 48.5 Å². The Hall–Kier alpha value is -1.90. The van der Waals surface area contributed by atoms with E-state index in [1.165, 1.54) is 17.7 Å². The predicted octanol–water partition coefficient (Wildman–Crippen LogP) is 4.82. The summed E-state index contributed by atoms with van der Waals surface area (Å²) in [4.78, 5) is 0. The first kappa shape index (κ1) is 14.5. The van der Waals surface area contributed by atoms with Crippen molar-refractivity contribution in [2.24, 2.45) is 5.92 Å². The zero-order chi connectivity index (χ0) is 14.5. The maximum absolute atomic E-state index is 13.6. The van der Waals surface area contributed by atoms with Crippen LogP contribution in [-0.2, 0) is 0 Å². The molecule has 1 unspecified atom stereocenters. The van der Waals surface area contributed by atoms with Crippen LogP contribution < -0.4 is 5.32 Å². The molecule has 1 nitrogen and oxygen atoms in total. The minimum Gasteiger partial charge on any atom is -0.382 e. The van der Waals surface area contributed by atoms with Crippen molar-refractivity contribution in [3.8, 4) is 0 Å². The molecule has 2 aromatic rings. The van der Waals surface area contributed by atoms with E-state index in [0.29, 0.717) is 18.2 Å². The van der Waals surface area contributed by atoms with Gasteiger partial charge in [0.15, 0.2) is 0 Å². The predicted molar refractivity (Wildman–Crippen MR) is 78.9 cm³/mol. The molecule has 0 spiro atoms. The van der Waals surface area contributed by atoms with Crippen molar-refractivity contribution in [2.75, 3.05) is 11.9 Å². The highest BCUT2D eigenvalue weighted by Crippen LogP contribution is 2.25. The van der Waals surface area contributed by atoms with Crippen LogP contribution in [0.5, 0.6) is 0 Å². The maximum Gasteiger partial charge on any atom is 0.149 e. The number of rotatable bonds is 5. The summed E-state index contributed by atoms with van der Waals surface area (Å²) in [6, 6.07) is 13.7. The molecule has 0 radical (unpaired) electrons. The van der Waals surface area contributed by atoms with E-state index in [4.69, 9.17) is 0 Å². The third-order valence-corrected chi connectivity index (χ3v) is 3.48. The summed E-state index contributed by atoms with van der Waals surface area (Å²) in [7, 11) is 0. The molecule has 0 fully saturated rings. The van der Waals surface area contributed by atoms with Crippen LogP contribution >= 0.6 is 0 Å². The maximum atomic E-state index is 13.6. The lowest BCUT2D eigenvalue weighted by molar-refractivity contribution is 0.515. The van der Waals surface area contributed by atoms with Crippen molar-refractivity contribution < 1.29 is 8.78 Å². The number of halogens is 2. The Morgan fingerprint density at radius 2 is 1.70 bits per heavy atom. The van der Waals surface area contributed by atoms with Gasteiger partial charge in [0.25, 0.3) is 0 Å². The van der Waals surface area contributed by atoms with Gasteiger partial charge in [-0.1, -0.05) is 44.2 Å². The number of hydrogen-bond donors (Lipinski definition) is 1. The van der Waals surface area contributed by atoms with E-state index in [-0.39, 0.29) is 5.92 Å². The highest BCUT2D eigenvalue weighted by molar-refractivity contribution is 5.45. The van der Waals surface area contributed by atoms with Crippen LogP contribution in [0.2, 0.25) is 0 Å². The van der Waals surface area contributed by atoms with Gasteiger partial charge in [0, 0.05) is 18.5 Å². The van der Waals surface area contributed by atoms with E-state index >= 15 is 0 Å². The van der Waals surface area contributed by atoms with Crippen LogP contribution in [-0.4, -0.2) is 6.54 Å². The van der Waals surface area contributed by atoms with Gasteiger partial charge in [0.05, 0.1) is 5.69 Å². The van der Waals surface area contributed by atoms with Gasteiger partial charge in [-0.3, -0.25) is 0 Å². The second-order valence-corrected chi connectivity index (χ2v) is 5.27. The molecule has 3 heteroatoms. The minimum absolute atomic E-state index is 0.278. The summed E-state index contributed by atoms with van der Waals surface area (Å²) in [5.74, 6) is -0.411. The number of hydrogen-bond acceptors (Lipinski definition) is 1. The number of anilines is 1. The molecule has 0 amide bonds. The van der Waals surface area contributed by atoms with Gasteiger partial charge in [-0.25, -0.2) is 8.78 Å². The lowest BCUT2D eigenvalue weighted by atomic mass is 9.88. The van der Waals surface area contributed by atoms with E-state index < -0.39 is 11.6 Å². The smallest absolute Gasteiger partial charge is 0.149 e. The summed E-state index contributed by atoms with van der Waals surface area (Å²) >= 11 is 0. The first-order chi connectivity index (χ1) is 9.58. The van der Waals surface area contributed by atoms with Crippen LogP contribution in [0.4, 0.5) is 14.5 Å². The molecule has 0 aliphatic heterocycles. The second kappa shape index (κ2) is 6.51. The fraction of sp³-hybridized carbons (Fsp3) is 0.294. The van der Waals surface area contributed by atoms with E-state index in [9.17, 15) is 8.78 Å². The van der Waals surface area contributed by atoms with Crippen molar-refractivity contribution in [1.82, 2.24) is 0 Å². The monoisotopic (exact) mass is 275 g/mol. The molecule has 2 aromatic carbocycles. The summed E-state index contributed by atoms with van der Waals surface area (Å²) < 4.78 is 26.5. The van der Waals surface area contributed by atoms with E-state index in [1.54, 1.807) is 0 Å². The minimum atomic E-state index is -0.559. The molecule has 0 bridgehead atoms. The third-order valence-electron chi connectivity index (χ3n) is 3.48. The van der Waals surface area contributed by atoms with Crippen molar-refractivity contribution in [2.45, 2.75) is 19.8 Å². The van der Waals surface area contributed by atoms with Crippen LogP contribution in [0.3, 0.4) is 0 Å². The first-order valence-corrected chi connectivity index (χ1v) is 6.82. The SMILES string of the molecule is CC(C)C(CNc1ccc(F)cc1F)c1ccccc1. The van der Waals surface area contributed by atoms with Gasteiger partial charge < -0.3 is 5.32 Å². The molecule has 0 saturated heterocycles. The fourth-order valence-electron chi connectivity index (χ4n) is 2.29. The topological polar surface area (TPSA) is 12.0 Å². The van der Waals surface area contributed by atoms with Crippen LogP contribution in [0, 0.1) is 17.6 Å². The molecule has 0 saturated carbocycles. The molecule has 0 aliphatic rings. The molecule has 2 rings (SSSR count). The lowest BCUT2D eigenvalue weighted by Crippen LogP contribution is -2.18. The molecular weight excluding hydrogens is 256 g/mol. The zero-order valence-corrected chi connectivity index (χ0v) is 11.7. The van der Waals surface area contributed by atoms with Crippen LogP contribution in [0.25, 0.3) is 0 Å². The number of benzene rings is 2. The quantitative estimate of drug-likeness (QED) is 0.825. The second-order valence-electron chi connectivity index (χ2n) is 5.27. The first-order valence-electron chi connectivity index (χ1n) is 6.82. The average Bonchev–Trinajstić information content (AvgIpc) is 2.42. The molecule has 0 heterocycles. The summed E-state index contributed by atoms with van der Waals surface area (Å²) in [5, 5.41) is 3.08. The summed E-state index contributed by atoms with van der Waals surface area (Å²) in [5.41, 5.74) is 1.56. The normalized spacial score (nSPS) is 12.4. The highest BCUT2D eigenvalue weighted by Gasteiger charge is 2.16. The summed E-state index contributed by atoms with van der Waals surface area (Å²) in [6.45, 7) is 4.89. The Kier molecular flexibility index (Phi) is 4.72. The van der Waals surface area contributed by atoms with Gasteiger partial charge in [-0.2, -0.15) is 0 Å². The molecule has 0 aromatic heterocycles. The lowest BCUT2D eigenvalue weighted by Gasteiger charge is -2.22. The molecule has 1 atom stereocenters. The van der Waals surface area contributed by atoms with E-state index in [2.05, 4.69) is 31.3 Å². The van der Waals surface area contributed by atoms with Gasteiger partial charge >= 0.3 is 0 Å². The third kappa shape index (κ3) is 3.56. The van der Waals surface area contributed by atoms with Crippen molar-refractivity contribution in [1.29, 1.82) is 0 Å². The van der Waals surface area contributed by atoms with Gasteiger partial charge in [-0.15, -0.1) is 0 Å². The van der Waals surface area contributed by atoms with Crippen LogP contribution in [0.1, 0.15) is 25.3 Å². The average molecular weight is 275 g/mol. The Morgan fingerprint density at radius 3 is 2.30 bits per heavy atom. The fourth-order valence-corrected chi connectivity index (χ4v) is 2.29. The van der Waals surface area contributed by atoms with Gasteiger partial charge in [-0.05, 0) is 23.6 Å². The Morgan fingerprint density at radius 1 is 1.00 bits per heavy atom. The van der Waals surface area contributed by atoms with Gasteiger partial charge in [0.2, 0.25) is 0 Å². The standard InChI is InChI=1S/C17H19F2N/c1-12(2)15(13-6-4-3-5-7-13)11-20-17-9-8-14(18)10-16(17)19/h3-10,12,15,20H,11H2,1-2H3. The van der Waals surface area contributed by atoms with Crippen molar-refractivity contribution in [3.63, 3.8) is 0 Å². The number of nitrogens with one attached hydrogen (secondary N) is 1. The molecule has 106 valence electrons. The van der Waals surface area contributed by atoms with E-state index in [1.807, 2.05) is 18.2 Å². The van der Waals surface area contributed by atoms with Gasteiger partial charge in [0.1, 0.15) is 11.6 Å². The Bertz CT molecular complexity index is 552. The molecule has 0 aliphatic carbocycles. The molecule has 1 N–H and O–H groups in total. The largest absolute Gasteiger partial charge is 0.382 e. The zero-order valence-electron chi connectivity index (χ0n) is 11.7. The highest BCUT2D eigenvalue weighted by atomic mass is 19.1. The Balaban J connectivity index is 2.10. The Labute approximate surface area is 118 Å². The summed E-state index contributed by atoms with van der Waals surface area (Å²) in [6.07, 6.45) is 0. The van der Waals surface area contributed by atoms with Crippen molar-refractivity contribution >= 4 is 5.69 Å². The van der Waals surface area contributed by atoms with Crippen molar-refractivity contribution in [3.05, 3.63) is 65.7 Å². The van der Waals surface area contributed by atoms with E-state index in [0.717, 1.165) is 6.07 Å².